The Labute approximate surface area is 211 Å². The van der Waals surface area contributed by atoms with Crippen molar-refractivity contribution in [3.8, 4) is 0 Å². The van der Waals surface area contributed by atoms with Gasteiger partial charge in [-0.2, -0.15) is 0 Å². The smallest absolute Gasteiger partial charge is 0.0316 e. The fraction of sp³-hybridized carbons (Fsp3) is 0.273. The maximum atomic E-state index is 5.88. The van der Waals surface area contributed by atoms with E-state index in [4.69, 9.17) is 11.5 Å². The highest BCUT2D eigenvalue weighted by molar-refractivity contribution is 5.46. The molecular formula is C33H38N2. The molecule has 4 aromatic rings. The van der Waals surface area contributed by atoms with Gasteiger partial charge >= 0.3 is 0 Å². The minimum atomic E-state index is 0.836. The monoisotopic (exact) mass is 462 g/mol. The molecule has 0 atom stereocenters. The number of aryl methyl sites for hydroxylation is 4. The van der Waals surface area contributed by atoms with Crippen LogP contribution in [0, 0.1) is 13.8 Å². The van der Waals surface area contributed by atoms with E-state index in [1.807, 2.05) is 12.1 Å². The molecule has 0 heterocycles. The zero-order chi connectivity index (χ0) is 24.6. The van der Waals surface area contributed by atoms with Crippen molar-refractivity contribution in [1.29, 1.82) is 0 Å². The third kappa shape index (κ3) is 7.23. The van der Waals surface area contributed by atoms with E-state index < -0.39 is 0 Å². The molecule has 4 aromatic carbocycles. The average molecular weight is 463 g/mol. The van der Waals surface area contributed by atoms with Crippen molar-refractivity contribution in [3.63, 3.8) is 0 Å². The van der Waals surface area contributed by atoms with Crippen LogP contribution in [0.2, 0.25) is 0 Å². The number of benzene rings is 4. The maximum Gasteiger partial charge on any atom is 0.0316 e. The van der Waals surface area contributed by atoms with Crippen molar-refractivity contribution < 1.29 is 0 Å². The minimum Gasteiger partial charge on any atom is -0.399 e. The van der Waals surface area contributed by atoms with Crippen molar-refractivity contribution in [3.05, 3.63) is 129 Å². The third-order valence-corrected chi connectivity index (χ3v) is 7.00. The summed E-state index contributed by atoms with van der Waals surface area (Å²) in [7, 11) is 0. The van der Waals surface area contributed by atoms with Crippen LogP contribution in [0.4, 0.5) is 11.4 Å². The fourth-order valence-corrected chi connectivity index (χ4v) is 4.76. The van der Waals surface area contributed by atoms with Gasteiger partial charge in [0.05, 0.1) is 0 Å². The molecule has 0 spiro atoms. The summed E-state index contributed by atoms with van der Waals surface area (Å²) in [6.07, 6.45) is 7.98. The molecule has 0 unspecified atom stereocenters. The summed E-state index contributed by atoms with van der Waals surface area (Å²) in [6, 6.07) is 30.7. The van der Waals surface area contributed by atoms with Crippen LogP contribution in [0.1, 0.15) is 63.8 Å². The first-order valence-electron chi connectivity index (χ1n) is 12.8. The number of unbranched alkanes of at least 4 members (excludes halogenated alkanes) is 2. The predicted octanol–water partition coefficient (Wildman–Crippen LogP) is 7.60. The zero-order valence-electron chi connectivity index (χ0n) is 21.2. The van der Waals surface area contributed by atoms with Crippen LogP contribution in [0.5, 0.6) is 0 Å². The lowest BCUT2D eigenvalue weighted by molar-refractivity contribution is 0.678. The topological polar surface area (TPSA) is 52.0 Å². The summed E-state index contributed by atoms with van der Waals surface area (Å²) in [4.78, 5) is 0. The summed E-state index contributed by atoms with van der Waals surface area (Å²) in [5.74, 6) is 0. The fourth-order valence-electron chi connectivity index (χ4n) is 4.76. The maximum absolute atomic E-state index is 5.88. The van der Waals surface area contributed by atoms with E-state index in [0.717, 1.165) is 37.1 Å². The van der Waals surface area contributed by atoms with Crippen molar-refractivity contribution in [2.75, 3.05) is 11.5 Å². The molecule has 0 aliphatic heterocycles. The lowest BCUT2D eigenvalue weighted by Gasteiger charge is -2.09. The number of nitrogens with two attached hydrogens (primary N) is 2. The molecule has 0 bridgehead atoms. The predicted molar refractivity (Wildman–Crippen MR) is 151 cm³/mol. The highest BCUT2D eigenvalue weighted by Gasteiger charge is 2.03. The Balaban J connectivity index is 1.17. The second-order valence-corrected chi connectivity index (χ2v) is 9.92. The van der Waals surface area contributed by atoms with Crippen molar-refractivity contribution in [2.45, 2.75) is 58.8 Å². The highest BCUT2D eigenvalue weighted by atomic mass is 14.5. The van der Waals surface area contributed by atoms with Gasteiger partial charge in [0.15, 0.2) is 0 Å². The summed E-state index contributed by atoms with van der Waals surface area (Å²) >= 11 is 0. The van der Waals surface area contributed by atoms with Crippen LogP contribution in [-0.2, 0) is 25.7 Å². The van der Waals surface area contributed by atoms with E-state index in [-0.39, 0.29) is 0 Å². The lowest BCUT2D eigenvalue weighted by atomic mass is 9.97. The zero-order valence-corrected chi connectivity index (χ0v) is 21.2. The Morgan fingerprint density at radius 3 is 1.20 bits per heavy atom. The molecule has 2 heteroatoms. The normalized spacial score (nSPS) is 11.0. The summed E-state index contributed by atoms with van der Waals surface area (Å²) < 4.78 is 0. The highest BCUT2D eigenvalue weighted by Crippen LogP contribution is 2.19. The van der Waals surface area contributed by atoms with Gasteiger partial charge < -0.3 is 11.5 Å². The Kier molecular flexibility index (Phi) is 8.26. The molecule has 0 saturated heterocycles. The SMILES string of the molecule is Cc1cc(N)ccc1Cc1ccc(CCCCCc2ccc(Cc3ccc(N)cc3C)cc2)cc1. The second kappa shape index (κ2) is 11.8. The van der Waals surface area contributed by atoms with Crippen LogP contribution >= 0.6 is 0 Å². The van der Waals surface area contributed by atoms with Crippen molar-refractivity contribution in [1.82, 2.24) is 0 Å². The van der Waals surface area contributed by atoms with Gasteiger partial charge in [-0.05, 0) is 121 Å². The standard InChI is InChI=1S/C33H38N2/c1-24-20-32(34)18-16-30(24)22-28-12-8-26(9-13-28)6-4-3-5-7-27-10-14-29(15-11-27)23-31-17-19-33(35)21-25(31)2/h8-21H,3-7,22-23,34-35H2,1-2H3. The van der Waals surface area contributed by atoms with Crippen molar-refractivity contribution >= 4 is 11.4 Å². The van der Waals surface area contributed by atoms with Crippen LogP contribution in [0.3, 0.4) is 0 Å². The summed E-state index contributed by atoms with van der Waals surface area (Å²) in [5.41, 5.74) is 24.2. The molecule has 0 aliphatic carbocycles. The molecule has 35 heavy (non-hydrogen) atoms. The summed E-state index contributed by atoms with van der Waals surface area (Å²) in [5, 5.41) is 0. The first kappa shape index (κ1) is 24.6. The van der Waals surface area contributed by atoms with E-state index in [1.165, 1.54) is 63.8 Å². The molecule has 0 amide bonds. The van der Waals surface area contributed by atoms with Gasteiger partial charge in [0, 0.05) is 11.4 Å². The molecule has 2 nitrogen and oxygen atoms in total. The van der Waals surface area contributed by atoms with Gasteiger partial charge in [0.2, 0.25) is 0 Å². The number of rotatable bonds is 10. The van der Waals surface area contributed by atoms with Gasteiger partial charge in [-0.25, -0.2) is 0 Å². The van der Waals surface area contributed by atoms with Gasteiger partial charge in [-0.15, -0.1) is 0 Å². The Hall–Kier alpha value is -3.52. The Bertz CT molecular complexity index is 1140. The molecule has 4 rings (SSSR count). The summed E-state index contributed by atoms with van der Waals surface area (Å²) in [6.45, 7) is 4.27. The van der Waals surface area contributed by atoms with Crippen LogP contribution in [-0.4, -0.2) is 0 Å². The number of anilines is 2. The van der Waals surface area contributed by atoms with Crippen LogP contribution < -0.4 is 11.5 Å². The Morgan fingerprint density at radius 2 is 0.829 bits per heavy atom. The molecule has 0 radical (unpaired) electrons. The average Bonchev–Trinajstić information content (AvgIpc) is 2.84. The molecule has 0 saturated carbocycles. The van der Waals surface area contributed by atoms with Gasteiger partial charge in [0.1, 0.15) is 0 Å². The molecule has 0 fully saturated rings. The van der Waals surface area contributed by atoms with Crippen LogP contribution in [0.15, 0.2) is 84.9 Å². The van der Waals surface area contributed by atoms with Gasteiger partial charge in [-0.1, -0.05) is 67.1 Å². The van der Waals surface area contributed by atoms with Crippen LogP contribution in [0.25, 0.3) is 0 Å². The van der Waals surface area contributed by atoms with E-state index in [9.17, 15) is 0 Å². The largest absolute Gasteiger partial charge is 0.399 e. The second-order valence-electron chi connectivity index (χ2n) is 9.92. The lowest BCUT2D eigenvalue weighted by Crippen LogP contribution is -1.95. The first-order valence-corrected chi connectivity index (χ1v) is 12.8. The molecule has 180 valence electrons. The minimum absolute atomic E-state index is 0.836. The molecular weight excluding hydrogens is 424 g/mol. The van der Waals surface area contributed by atoms with E-state index in [0.29, 0.717) is 0 Å². The Morgan fingerprint density at radius 1 is 0.457 bits per heavy atom. The quantitative estimate of drug-likeness (QED) is 0.188. The van der Waals surface area contributed by atoms with Gasteiger partial charge in [-0.3, -0.25) is 0 Å². The van der Waals surface area contributed by atoms with E-state index >= 15 is 0 Å². The molecule has 0 aliphatic rings. The number of hydrogen-bond acceptors (Lipinski definition) is 2. The van der Waals surface area contributed by atoms with E-state index in [2.05, 4.69) is 86.6 Å². The van der Waals surface area contributed by atoms with Crippen molar-refractivity contribution in [2.24, 2.45) is 0 Å². The number of nitrogen functional groups attached to an aromatic ring is 2. The number of hydrogen-bond donors (Lipinski definition) is 2. The van der Waals surface area contributed by atoms with Gasteiger partial charge in [0.25, 0.3) is 0 Å². The molecule has 4 N–H and O–H groups in total. The van der Waals surface area contributed by atoms with E-state index in [1.54, 1.807) is 0 Å². The first-order chi connectivity index (χ1) is 17.0. The third-order valence-electron chi connectivity index (χ3n) is 7.00. The molecule has 0 aromatic heterocycles.